The van der Waals surface area contributed by atoms with Crippen LogP contribution in [0, 0.1) is 19.8 Å². The summed E-state index contributed by atoms with van der Waals surface area (Å²) in [5, 5.41) is 1.62. The molecule has 0 saturated carbocycles. The van der Waals surface area contributed by atoms with Crippen molar-refractivity contribution in [2.24, 2.45) is 5.92 Å². The summed E-state index contributed by atoms with van der Waals surface area (Å²) in [5.41, 5.74) is 2.87. The fourth-order valence-corrected chi connectivity index (χ4v) is 3.99. The standard InChI is InChI=1S/C17H22ClNOS/c1-10(2)16(15-7-6-8-21-15)19-11(3)9-14(13(19)5)17(20)12(4)18/h6-10,12,16H,1-5H3. The third-order valence-corrected chi connectivity index (χ3v) is 5.00. The molecule has 0 amide bonds. The predicted molar refractivity (Wildman–Crippen MR) is 90.8 cm³/mol. The molecular formula is C17H22ClNOS. The smallest absolute Gasteiger partial charge is 0.182 e. The van der Waals surface area contributed by atoms with Crippen molar-refractivity contribution in [1.29, 1.82) is 0 Å². The van der Waals surface area contributed by atoms with E-state index in [9.17, 15) is 4.79 Å². The zero-order chi connectivity index (χ0) is 15.7. The summed E-state index contributed by atoms with van der Waals surface area (Å²) >= 11 is 7.74. The molecule has 0 aliphatic heterocycles. The lowest BCUT2D eigenvalue weighted by molar-refractivity contribution is 0.0991. The zero-order valence-electron chi connectivity index (χ0n) is 13.2. The van der Waals surface area contributed by atoms with E-state index < -0.39 is 5.38 Å². The molecule has 0 spiro atoms. The first kappa shape index (κ1) is 16.3. The zero-order valence-corrected chi connectivity index (χ0v) is 14.8. The van der Waals surface area contributed by atoms with Crippen LogP contribution in [0.1, 0.15) is 53.4 Å². The van der Waals surface area contributed by atoms with Crippen molar-refractivity contribution in [2.45, 2.75) is 46.0 Å². The van der Waals surface area contributed by atoms with Gasteiger partial charge in [-0.05, 0) is 44.2 Å². The van der Waals surface area contributed by atoms with Gasteiger partial charge in [-0.3, -0.25) is 4.79 Å². The van der Waals surface area contributed by atoms with Gasteiger partial charge in [0.2, 0.25) is 0 Å². The number of thiophene rings is 1. The van der Waals surface area contributed by atoms with Crippen LogP contribution in [0.3, 0.4) is 0 Å². The van der Waals surface area contributed by atoms with E-state index in [1.54, 1.807) is 18.3 Å². The van der Waals surface area contributed by atoms with E-state index in [0.717, 1.165) is 17.0 Å². The Bertz CT molecular complexity index is 626. The van der Waals surface area contributed by atoms with E-state index in [1.807, 2.05) is 13.0 Å². The number of aryl methyl sites for hydroxylation is 1. The van der Waals surface area contributed by atoms with Crippen LogP contribution in [0.25, 0.3) is 0 Å². The summed E-state index contributed by atoms with van der Waals surface area (Å²) in [6.45, 7) is 10.2. The van der Waals surface area contributed by atoms with Crippen LogP contribution in [0.15, 0.2) is 23.6 Å². The number of nitrogens with zero attached hydrogens (tertiary/aromatic N) is 1. The van der Waals surface area contributed by atoms with Crippen LogP contribution in [0.2, 0.25) is 0 Å². The van der Waals surface area contributed by atoms with Gasteiger partial charge in [0.1, 0.15) is 0 Å². The van der Waals surface area contributed by atoms with Gasteiger partial charge in [-0.25, -0.2) is 0 Å². The van der Waals surface area contributed by atoms with Gasteiger partial charge >= 0.3 is 0 Å². The molecule has 2 aromatic heterocycles. The second-order valence-corrected chi connectivity index (χ2v) is 7.47. The highest BCUT2D eigenvalue weighted by Crippen LogP contribution is 2.34. The Morgan fingerprint density at radius 3 is 2.43 bits per heavy atom. The van der Waals surface area contributed by atoms with E-state index in [1.165, 1.54) is 4.88 Å². The summed E-state index contributed by atoms with van der Waals surface area (Å²) in [5.74, 6) is 0.453. The summed E-state index contributed by atoms with van der Waals surface area (Å²) in [6.07, 6.45) is 0. The molecule has 0 aliphatic carbocycles. The normalized spacial score (nSPS) is 14.4. The molecule has 0 aliphatic rings. The predicted octanol–water partition coefficient (Wildman–Crippen LogP) is 5.22. The average molecular weight is 324 g/mol. The molecule has 0 aromatic carbocycles. The highest BCUT2D eigenvalue weighted by Gasteiger charge is 2.26. The summed E-state index contributed by atoms with van der Waals surface area (Å²) in [6, 6.07) is 6.48. The molecule has 2 nitrogen and oxygen atoms in total. The van der Waals surface area contributed by atoms with Crippen molar-refractivity contribution in [1.82, 2.24) is 4.57 Å². The van der Waals surface area contributed by atoms with Gasteiger partial charge in [-0.2, -0.15) is 0 Å². The SMILES string of the molecule is Cc1cc(C(=O)C(C)Cl)c(C)n1C(c1cccs1)C(C)C. The minimum Gasteiger partial charge on any atom is -0.340 e. The number of Topliss-reactive ketones (excluding diaryl/α,β-unsaturated/α-hetero) is 1. The molecule has 0 N–H and O–H groups in total. The fourth-order valence-electron chi connectivity index (χ4n) is 2.88. The number of ketones is 1. The molecule has 0 bridgehead atoms. The number of carbonyl (C=O) groups is 1. The third kappa shape index (κ3) is 3.09. The number of alkyl halides is 1. The second-order valence-electron chi connectivity index (χ2n) is 5.84. The van der Waals surface area contributed by atoms with Gasteiger partial charge < -0.3 is 4.57 Å². The molecule has 0 fully saturated rings. The summed E-state index contributed by atoms with van der Waals surface area (Å²) < 4.78 is 2.28. The third-order valence-electron chi connectivity index (χ3n) is 3.86. The maximum absolute atomic E-state index is 12.3. The fraction of sp³-hybridized carbons (Fsp3) is 0.471. The van der Waals surface area contributed by atoms with Gasteiger partial charge in [0, 0.05) is 21.8 Å². The highest BCUT2D eigenvalue weighted by molar-refractivity contribution is 7.10. The number of hydrogen-bond donors (Lipinski definition) is 0. The first-order valence-corrected chi connectivity index (χ1v) is 8.56. The lowest BCUT2D eigenvalue weighted by Gasteiger charge is -2.25. The van der Waals surface area contributed by atoms with E-state index >= 15 is 0 Å². The lowest BCUT2D eigenvalue weighted by atomic mass is 10.0. The van der Waals surface area contributed by atoms with Crippen molar-refractivity contribution in [3.05, 3.63) is 45.4 Å². The molecular weight excluding hydrogens is 302 g/mol. The topological polar surface area (TPSA) is 22.0 Å². The molecule has 21 heavy (non-hydrogen) atoms. The monoisotopic (exact) mass is 323 g/mol. The number of rotatable bonds is 5. The molecule has 114 valence electrons. The maximum Gasteiger partial charge on any atom is 0.182 e. The van der Waals surface area contributed by atoms with Gasteiger partial charge in [0.25, 0.3) is 0 Å². The van der Waals surface area contributed by atoms with E-state index in [0.29, 0.717) is 5.92 Å². The van der Waals surface area contributed by atoms with Gasteiger partial charge in [0.05, 0.1) is 11.4 Å². The Balaban J connectivity index is 2.55. The number of hydrogen-bond acceptors (Lipinski definition) is 2. The molecule has 0 saturated heterocycles. The van der Waals surface area contributed by atoms with Gasteiger partial charge in [-0.15, -0.1) is 22.9 Å². The largest absolute Gasteiger partial charge is 0.340 e. The van der Waals surface area contributed by atoms with Crippen LogP contribution >= 0.6 is 22.9 Å². The number of aromatic nitrogens is 1. The van der Waals surface area contributed by atoms with Crippen LogP contribution in [-0.4, -0.2) is 15.7 Å². The minimum absolute atomic E-state index is 0.00435. The summed E-state index contributed by atoms with van der Waals surface area (Å²) in [7, 11) is 0. The van der Waals surface area contributed by atoms with E-state index in [4.69, 9.17) is 11.6 Å². The maximum atomic E-state index is 12.3. The van der Waals surface area contributed by atoms with Crippen molar-refractivity contribution >= 4 is 28.7 Å². The second kappa shape index (κ2) is 6.37. The van der Waals surface area contributed by atoms with Crippen molar-refractivity contribution in [2.75, 3.05) is 0 Å². The Labute approximate surface area is 135 Å². The Hall–Kier alpha value is -1.06. The molecule has 0 radical (unpaired) electrons. The molecule has 2 rings (SSSR count). The first-order chi connectivity index (χ1) is 9.84. The average Bonchev–Trinajstić information content (AvgIpc) is 3.01. The Morgan fingerprint density at radius 2 is 1.95 bits per heavy atom. The number of carbonyl (C=O) groups excluding carboxylic acids is 1. The highest BCUT2D eigenvalue weighted by atomic mass is 35.5. The van der Waals surface area contributed by atoms with Crippen LogP contribution in [0.4, 0.5) is 0 Å². The quantitative estimate of drug-likeness (QED) is 0.546. The number of halogens is 1. The summed E-state index contributed by atoms with van der Waals surface area (Å²) in [4.78, 5) is 13.6. The first-order valence-electron chi connectivity index (χ1n) is 7.24. The minimum atomic E-state index is -0.488. The Kier molecular flexibility index (Phi) is 4.95. The van der Waals surface area contributed by atoms with Crippen molar-refractivity contribution in [3.63, 3.8) is 0 Å². The molecule has 2 aromatic rings. The molecule has 2 unspecified atom stereocenters. The molecule has 2 atom stereocenters. The van der Waals surface area contributed by atoms with E-state index in [2.05, 4.69) is 42.9 Å². The lowest BCUT2D eigenvalue weighted by Crippen LogP contribution is -2.19. The molecule has 4 heteroatoms. The van der Waals surface area contributed by atoms with Crippen LogP contribution in [-0.2, 0) is 0 Å². The molecule has 2 heterocycles. The Morgan fingerprint density at radius 1 is 1.29 bits per heavy atom. The van der Waals surface area contributed by atoms with E-state index in [-0.39, 0.29) is 11.8 Å². The van der Waals surface area contributed by atoms with Crippen LogP contribution < -0.4 is 0 Å². The van der Waals surface area contributed by atoms with Gasteiger partial charge in [-0.1, -0.05) is 19.9 Å². The van der Waals surface area contributed by atoms with Crippen molar-refractivity contribution < 1.29 is 4.79 Å². The van der Waals surface area contributed by atoms with Crippen molar-refractivity contribution in [3.8, 4) is 0 Å². The van der Waals surface area contributed by atoms with Gasteiger partial charge in [0.15, 0.2) is 5.78 Å². The van der Waals surface area contributed by atoms with Crippen LogP contribution in [0.5, 0.6) is 0 Å².